The normalized spacial score (nSPS) is 17.0. The molecule has 1 aliphatic heterocycles. The Labute approximate surface area is 245 Å². The van der Waals surface area contributed by atoms with Crippen molar-refractivity contribution in [3.8, 4) is 17.0 Å². The van der Waals surface area contributed by atoms with Gasteiger partial charge in [0.05, 0.1) is 16.2 Å². The van der Waals surface area contributed by atoms with Gasteiger partial charge in [0, 0.05) is 34.8 Å². The molecule has 2 atom stereocenters. The highest BCUT2D eigenvalue weighted by Gasteiger charge is 2.47. The molecule has 1 aliphatic rings. The van der Waals surface area contributed by atoms with Crippen molar-refractivity contribution in [1.82, 2.24) is 15.3 Å². The number of aromatic nitrogens is 2. The number of ether oxygens (including phenoxy) is 1. The summed E-state index contributed by atoms with van der Waals surface area (Å²) >= 11 is 6.24. The van der Waals surface area contributed by atoms with Crippen molar-refractivity contribution in [1.29, 1.82) is 0 Å². The Bertz CT molecular complexity index is 1820. The predicted molar refractivity (Wildman–Crippen MR) is 144 cm³/mol. The zero-order valence-electron chi connectivity index (χ0n) is 22.4. The maximum Gasteiger partial charge on any atom is 0.398 e. The van der Waals surface area contributed by atoms with Crippen LogP contribution in [0.3, 0.4) is 0 Å². The summed E-state index contributed by atoms with van der Waals surface area (Å²) in [4.78, 5) is 33.5. The van der Waals surface area contributed by atoms with Crippen LogP contribution in [0.15, 0.2) is 42.6 Å². The summed E-state index contributed by atoms with van der Waals surface area (Å²) in [6.07, 6.45) is -3.46. The number of amides is 2. The van der Waals surface area contributed by atoms with Gasteiger partial charge in [-0.1, -0.05) is 11.6 Å². The van der Waals surface area contributed by atoms with Gasteiger partial charge in [-0.2, -0.15) is 13.2 Å². The lowest BCUT2D eigenvalue weighted by Gasteiger charge is -2.24. The molecule has 3 heterocycles. The second-order valence-corrected chi connectivity index (χ2v) is 10.7. The largest absolute Gasteiger partial charge is 0.489 e. The van der Waals surface area contributed by atoms with E-state index in [-0.39, 0.29) is 21.9 Å². The van der Waals surface area contributed by atoms with Crippen LogP contribution in [0.1, 0.15) is 40.0 Å². The first-order chi connectivity index (χ1) is 20.1. The zero-order chi connectivity index (χ0) is 31.4. The molecular formula is C29H21ClF6N4O3. The first kappa shape index (κ1) is 30.1. The van der Waals surface area contributed by atoms with E-state index in [1.165, 1.54) is 19.1 Å². The van der Waals surface area contributed by atoms with Crippen LogP contribution in [0.4, 0.5) is 26.3 Å². The zero-order valence-corrected chi connectivity index (χ0v) is 23.1. The molecule has 14 heteroatoms. The highest BCUT2D eigenvalue weighted by atomic mass is 35.5. The SMILES string of the molecule is Cc1cnc2c(Cl)cc(C(=O)NCC(c3cc4c(c(-c5ccc(F)c(F)c5F)n3)OC[C@]4(C)C(N)=O)C(F)(F)F)cc2c1. The second kappa shape index (κ2) is 10.7. The summed E-state index contributed by atoms with van der Waals surface area (Å²) in [6, 6.07) is 6.68. The first-order valence-corrected chi connectivity index (χ1v) is 13.0. The molecule has 0 bridgehead atoms. The van der Waals surface area contributed by atoms with Crippen LogP contribution in [0.25, 0.3) is 22.2 Å². The van der Waals surface area contributed by atoms with E-state index < -0.39 is 76.9 Å². The third kappa shape index (κ3) is 5.33. The Hall–Kier alpha value is -4.39. The lowest BCUT2D eigenvalue weighted by molar-refractivity contribution is -0.149. The van der Waals surface area contributed by atoms with Gasteiger partial charge in [0.1, 0.15) is 29.4 Å². The number of pyridine rings is 2. The third-order valence-corrected chi connectivity index (χ3v) is 7.57. The van der Waals surface area contributed by atoms with E-state index in [1.807, 2.05) is 0 Å². The molecule has 0 aliphatic carbocycles. The Morgan fingerprint density at radius 1 is 1.14 bits per heavy atom. The van der Waals surface area contributed by atoms with Gasteiger partial charge < -0.3 is 15.8 Å². The van der Waals surface area contributed by atoms with Gasteiger partial charge in [-0.15, -0.1) is 0 Å². The standard InChI is InChI=1S/C29H21ClF6N4O3/c1-12-5-13-6-14(7-18(30)23(13)38-9-12)26(41)39-10-17(29(34,35)36)20-8-16-25(43-11-28(16,2)27(37)42)24(40-20)15-3-4-19(31)22(33)21(15)32/h3-9,17H,10-11H2,1-2H3,(H2,37,42)(H,39,41)/t17?,28-/m0/s1. The van der Waals surface area contributed by atoms with Gasteiger partial charge in [-0.25, -0.2) is 18.2 Å². The summed E-state index contributed by atoms with van der Waals surface area (Å²) in [5, 5.41) is 2.83. The number of nitrogens with two attached hydrogens (primary N) is 1. The van der Waals surface area contributed by atoms with Crippen molar-refractivity contribution >= 4 is 34.3 Å². The highest BCUT2D eigenvalue weighted by molar-refractivity contribution is 6.35. The monoisotopic (exact) mass is 622 g/mol. The molecule has 2 aromatic carbocycles. The Balaban J connectivity index is 1.58. The number of hydrogen-bond donors (Lipinski definition) is 2. The number of nitrogens with one attached hydrogen (secondary N) is 1. The maximum absolute atomic E-state index is 14.8. The fourth-order valence-electron chi connectivity index (χ4n) is 4.81. The van der Waals surface area contributed by atoms with Crippen molar-refractivity contribution in [2.24, 2.45) is 5.73 Å². The smallest absolute Gasteiger partial charge is 0.398 e. The van der Waals surface area contributed by atoms with Gasteiger partial charge in [0.2, 0.25) is 5.91 Å². The average Bonchev–Trinajstić information content (AvgIpc) is 3.28. The van der Waals surface area contributed by atoms with E-state index in [0.717, 1.165) is 17.7 Å². The molecule has 0 spiro atoms. The lowest BCUT2D eigenvalue weighted by atomic mass is 9.82. The van der Waals surface area contributed by atoms with E-state index in [1.54, 1.807) is 19.2 Å². The van der Waals surface area contributed by atoms with Crippen LogP contribution in [0.5, 0.6) is 5.75 Å². The summed E-state index contributed by atoms with van der Waals surface area (Å²) < 4.78 is 91.6. The summed E-state index contributed by atoms with van der Waals surface area (Å²) in [5.41, 5.74) is 2.78. The van der Waals surface area contributed by atoms with Crippen LogP contribution in [-0.4, -0.2) is 41.1 Å². The molecule has 2 amide bonds. The fourth-order valence-corrected chi connectivity index (χ4v) is 5.08. The number of halogens is 7. The molecule has 2 aromatic heterocycles. The molecule has 0 saturated carbocycles. The fraction of sp³-hybridized carbons (Fsp3) is 0.241. The van der Waals surface area contributed by atoms with Gasteiger partial charge in [-0.05, 0) is 55.8 Å². The molecule has 224 valence electrons. The quantitative estimate of drug-likeness (QED) is 0.206. The summed E-state index contributed by atoms with van der Waals surface area (Å²) in [6.45, 7) is 1.61. The number of hydrogen-bond acceptors (Lipinski definition) is 5. The van der Waals surface area contributed by atoms with Gasteiger partial charge in [0.25, 0.3) is 5.91 Å². The van der Waals surface area contributed by atoms with Gasteiger partial charge in [-0.3, -0.25) is 14.6 Å². The van der Waals surface area contributed by atoms with Crippen molar-refractivity contribution in [3.05, 3.63) is 87.5 Å². The topological polar surface area (TPSA) is 107 Å². The van der Waals surface area contributed by atoms with Gasteiger partial charge >= 0.3 is 6.18 Å². The molecule has 43 heavy (non-hydrogen) atoms. The Morgan fingerprint density at radius 2 is 1.86 bits per heavy atom. The Morgan fingerprint density at radius 3 is 2.53 bits per heavy atom. The predicted octanol–water partition coefficient (Wildman–Crippen LogP) is 5.89. The molecule has 0 radical (unpaired) electrons. The van der Waals surface area contributed by atoms with Crippen LogP contribution >= 0.6 is 11.6 Å². The van der Waals surface area contributed by atoms with Crippen LogP contribution in [0, 0.1) is 24.4 Å². The molecule has 3 N–H and O–H groups in total. The van der Waals surface area contributed by atoms with Crippen molar-refractivity contribution in [3.63, 3.8) is 0 Å². The van der Waals surface area contributed by atoms with E-state index in [4.69, 9.17) is 22.1 Å². The number of rotatable bonds is 6. The van der Waals surface area contributed by atoms with Gasteiger partial charge in [0.15, 0.2) is 17.5 Å². The second-order valence-electron chi connectivity index (χ2n) is 10.3. The highest BCUT2D eigenvalue weighted by Crippen LogP contribution is 2.47. The van der Waals surface area contributed by atoms with Crippen molar-refractivity contribution < 1.29 is 40.7 Å². The number of fused-ring (bicyclic) bond motifs is 2. The van der Waals surface area contributed by atoms with Crippen LogP contribution in [-0.2, 0) is 10.2 Å². The Kier molecular flexibility index (Phi) is 7.49. The molecular weight excluding hydrogens is 602 g/mol. The lowest BCUT2D eigenvalue weighted by Crippen LogP contribution is -2.40. The number of alkyl halides is 3. The maximum atomic E-state index is 14.8. The number of primary amides is 1. The number of nitrogens with zero attached hydrogens (tertiary/aromatic N) is 2. The molecule has 4 aromatic rings. The molecule has 5 rings (SSSR count). The molecule has 0 saturated heterocycles. The summed E-state index contributed by atoms with van der Waals surface area (Å²) in [7, 11) is 0. The van der Waals surface area contributed by atoms with Crippen molar-refractivity contribution in [2.75, 3.05) is 13.2 Å². The van der Waals surface area contributed by atoms with E-state index in [0.29, 0.717) is 17.0 Å². The molecule has 7 nitrogen and oxygen atoms in total. The minimum atomic E-state index is -5.02. The van der Waals surface area contributed by atoms with Crippen LogP contribution < -0.4 is 15.8 Å². The number of carbonyl (C=O) groups is 2. The summed E-state index contributed by atoms with van der Waals surface area (Å²) in [5.74, 6) is -9.80. The van der Waals surface area contributed by atoms with E-state index >= 15 is 0 Å². The van der Waals surface area contributed by atoms with E-state index in [9.17, 15) is 35.9 Å². The minimum absolute atomic E-state index is 0.0352. The average molecular weight is 623 g/mol. The first-order valence-electron chi connectivity index (χ1n) is 12.6. The van der Waals surface area contributed by atoms with Crippen molar-refractivity contribution in [2.45, 2.75) is 31.4 Å². The number of benzene rings is 2. The molecule has 1 unspecified atom stereocenters. The number of aryl methyl sites for hydroxylation is 1. The van der Waals surface area contributed by atoms with E-state index in [2.05, 4.69) is 15.3 Å². The molecule has 0 fully saturated rings. The third-order valence-electron chi connectivity index (χ3n) is 7.28. The minimum Gasteiger partial charge on any atom is -0.489 e. The van der Waals surface area contributed by atoms with Crippen LogP contribution in [0.2, 0.25) is 5.02 Å². The number of carbonyl (C=O) groups excluding carboxylic acids is 2.